The van der Waals surface area contributed by atoms with Crippen molar-refractivity contribution < 1.29 is 0 Å². The minimum Gasteiger partial charge on any atom is -0.333 e. The SMILES string of the molecule is [B]C1(N)CCCCCCC1. The molecule has 56 valence electrons. The summed E-state index contributed by atoms with van der Waals surface area (Å²) >= 11 is 0. The molecule has 1 saturated carbocycles. The van der Waals surface area contributed by atoms with Crippen molar-refractivity contribution >= 4 is 7.85 Å². The van der Waals surface area contributed by atoms with Crippen LogP contribution in [0.25, 0.3) is 0 Å². The van der Waals surface area contributed by atoms with E-state index in [9.17, 15) is 0 Å². The van der Waals surface area contributed by atoms with Gasteiger partial charge in [-0.3, -0.25) is 0 Å². The highest BCUT2D eigenvalue weighted by Gasteiger charge is 2.17. The molecular formula is C8H16BN. The van der Waals surface area contributed by atoms with E-state index in [0.717, 1.165) is 12.8 Å². The van der Waals surface area contributed by atoms with Crippen molar-refractivity contribution in [3.05, 3.63) is 0 Å². The van der Waals surface area contributed by atoms with E-state index in [1.807, 2.05) is 0 Å². The maximum atomic E-state index is 5.82. The number of hydrogen-bond acceptors (Lipinski definition) is 1. The monoisotopic (exact) mass is 137 g/mol. The lowest BCUT2D eigenvalue weighted by Crippen LogP contribution is -2.40. The van der Waals surface area contributed by atoms with Crippen molar-refractivity contribution in [2.24, 2.45) is 5.73 Å². The van der Waals surface area contributed by atoms with Crippen LogP contribution < -0.4 is 5.73 Å². The fraction of sp³-hybridized carbons (Fsp3) is 1.00. The van der Waals surface area contributed by atoms with E-state index in [1.165, 1.54) is 32.1 Å². The molecule has 2 heteroatoms. The van der Waals surface area contributed by atoms with Crippen LogP contribution in [0.4, 0.5) is 0 Å². The van der Waals surface area contributed by atoms with Crippen LogP contribution in [0, 0.1) is 0 Å². The lowest BCUT2D eigenvalue weighted by Gasteiger charge is -2.27. The summed E-state index contributed by atoms with van der Waals surface area (Å²) in [6.45, 7) is 0. The predicted molar refractivity (Wildman–Crippen MR) is 45.0 cm³/mol. The first-order valence-electron chi connectivity index (χ1n) is 4.28. The van der Waals surface area contributed by atoms with Gasteiger partial charge in [0.05, 0.1) is 7.85 Å². The number of nitrogens with two attached hydrogens (primary N) is 1. The zero-order chi connectivity index (χ0) is 7.45. The van der Waals surface area contributed by atoms with Crippen LogP contribution in [0.5, 0.6) is 0 Å². The molecule has 0 bridgehead atoms. The Morgan fingerprint density at radius 2 is 1.30 bits per heavy atom. The molecule has 2 N–H and O–H groups in total. The van der Waals surface area contributed by atoms with Crippen LogP contribution in [-0.4, -0.2) is 13.3 Å². The van der Waals surface area contributed by atoms with Crippen LogP contribution in [0.2, 0.25) is 0 Å². The molecule has 1 aliphatic rings. The highest BCUT2D eigenvalue weighted by atomic mass is 14.7. The Balaban J connectivity index is 2.30. The Kier molecular flexibility index (Phi) is 2.78. The Hall–Kier alpha value is 0.0249. The lowest BCUT2D eigenvalue weighted by atomic mass is 9.70. The van der Waals surface area contributed by atoms with Gasteiger partial charge in [0, 0.05) is 0 Å². The minimum atomic E-state index is -0.347. The molecule has 0 saturated heterocycles. The van der Waals surface area contributed by atoms with Crippen LogP contribution in [0.1, 0.15) is 44.9 Å². The van der Waals surface area contributed by atoms with Crippen LogP contribution >= 0.6 is 0 Å². The molecule has 1 fully saturated rings. The first kappa shape index (κ1) is 8.12. The van der Waals surface area contributed by atoms with Crippen molar-refractivity contribution in [1.82, 2.24) is 0 Å². The standard InChI is InChI=1S/C8H16BN/c9-8(10)6-4-2-1-3-5-7-8/h1-7,10H2. The van der Waals surface area contributed by atoms with E-state index >= 15 is 0 Å². The molecule has 1 nitrogen and oxygen atoms in total. The van der Waals surface area contributed by atoms with Gasteiger partial charge < -0.3 is 5.73 Å². The van der Waals surface area contributed by atoms with Crippen molar-refractivity contribution in [2.45, 2.75) is 50.4 Å². The van der Waals surface area contributed by atoms with Crippen molar-refractivity contribution in [1.29, 1.82) is 0 Å². The van der Waals surface area contributed by atoms with Gasteiger partial charge in [0.2, 0.25) is 0 Å². The van der Waals surface area contributed by atoms with Crippen LogP contribution in [0.15, 0.2) is 0 Å². The Morgan fingerprint density at radius 3 is 1.80 bits per heavy atom. The van der Waals surface area contributed by atoms with Gasteiger partial charge in [-0.1, -0.05) is 32.1 Å². The second kappa shape index (κ2) is 3.43. The van der Waals surface area contributed by atoms with Gasteiger partial charge in [-0.15, -0.1) is 0 Å². The molecule has 0 aromatic carbocycles. The van der Waals surface area contributed by atoms with Gasteiger partial charge >= 0.3 is 0 Å². The van der Waals surface area contributed by atoms with E-state index in [2.05, 4.69) is 0 Å². The van der Waals surface area contributed by atoms with Gasteiger partial charge in [-0.25, -0.2) is 0 Å². The fourth-order valence-electron chi connectivity index (χ4n) is 1.56. The Labute approximate surface area is 64.8 Å². The maximum Gasteiger partial charge on any atom is 0.0950 e. The molecule has 0 unspecified atom stereocenters. The summed E-state index contributed by atoms with van der Waals surface area (Å²) in [5.41, 5.74) is 5.48. The third-order valence-corrected chi connectivity index (χ3v) is 2.28. The van der Waals surface area contributed by atoms with E-state index < -0.39 is 0 Å². The molecule has 0 spiro atoms. The highest BCUT2D eigenvalue weighted by molar-refractivity contribution is 6.15. The molecular weight excluding hydrogens is 121 g/mol. The molecule has 0 amide bonds. The molecule has 1 rings (SSSR count). The van der Waals surface area contributed by atoms with Gasteiger partial charge in [-0.05, 0) is 18.3 Å². The van der Waals surface area contributed by atoms with E-state index in [1.54, 1.807) is 0 Å². The van der Waals surface area contributed by atoms with Crippen molar-refractivity contribution in [2.75, 3.05) is 0 Å². The average molecular weight is 137 g/mol. The third kappa shape index (κ3) is 2.74. The topological polar surface area (TPSA) is 26.0 Å². The van der Waals surface area contributed by atoms with Crippen molar-refractivity contribution in [3.8, 4) is 0 Å². The summed E-state index contributed by atoms with van der Waals surface area (Å²) in [5.74, 6) is 0. The summed E-state index contributed by atoms with van der Waals surface area (Å²) in [6.07, 6.45) is 8.45. The van der Waals surface area contributed by atoms with Crippen LogP contribution in [-0.2, 0) is 0 Å². The maximum absolute atomic E-state index is 5.82. The molecule has 0 aromatic heterocycles. The average Bonchev–Trinajstić information content (AvgIpc) is 1.81. The molecule has 0 aromatic rings. The largest absolute Gasteiger partial charge is 0.333 e. The molecule has 0 heterocycles. The third-order valence-electron chi connectivity index (χ3n) is 2.28. The smallest absolute Gasteiger partial charge is 0.0950 e. The van der Waals surface area contributed by atoms with E-state index in [0.29, 0.717) is 0 Å². The second-order valence-electron chi connectivity index (χ2n) is 3.50. The normalized spacial score (nSPS) is 26.9. The van der Waals surface area contributed by atoms with Crippen molar-refractivity contribution in [3.63, 3.8) is 0 Å². The van der Waals surface area contributed by atoms with Crippen LogP contribution in [0.3, 0.4) is 0 Å². The van der Waals surface area contributed by atoms with E-state index in [-0.39, 0.29) is 5.44 Å². The summed E-state index contributed by atoms with van der Waals surface area (Å²) in [6, 6.07) is 0. The minimum absolute atomic E-state index is 0.347. The Morgan fingerprint density at radius 1 is 0.900 bits per heavy atom. The highest BCUT2D eigenvalue weighted by Crippen LogP contribution is 2.21. The predicted octanol–water partition coefficient (Wildman–Crippen LogP) is 1.55. The van der Waals surface area contributed by atoms with E-state index in [4.69, 9.17) is 13.6 Å². The molecule has 0 atom stereocenters. The quantitative estimate of drug-likeness (QED) is 0.503. The molecule has 2 radical (unpaired) electrons. The Bertz CT molecular complexity index is 91.4. The van der Waals surface area contributed by atoms with Gasteiger partial charge in [0.25, 0.3) is 0 Å². The van der Waals surface area contributed by atoms with Gasteiger partial charge in [0.15, 0.2) is 0 Å². The second-order valence-corrected chi connectivity index (χ2v) is 3.50. The zero-order valence-electron chi connectivity index (χ0n) is 6.60. The molecule has 0 aliphatic heterocycles. The fourth-order valence-corrected chi connectivity index (χ4v) is 1.56. The summed E-state index contributed by atoms with van der Waals surface area (Å²) in [5, 5.41) is 0. The first-order chi connectivity index (χ1) is 4.71. The summed E-state index contributed by atoms with van der Waals surface area (Å²) < 4.78 is 0. The number of hydrogen-bond donors (Lipinski definition) is 1. The number of rotatable bonds is 0. The molecule has 1 aliphatic carbocycles. The zero-order valence-corrected chi connectivity index (χ0v) is 6.60. The molecule has 10 heavy (non-hydrogen) atoms. The summed E-state index contributed by atoms with van der Waals surface area (Å²) in [7, 11) is 5.82. The first-order valence-corrected chi connectivity index (χ1v) is 4.28. The van der Waals surface area contributed by atoms with Gasteiger partial charge in [-0.2, -0.15) is 0 Å². The van der Waals surface area contributed by atoms with Gasteiger partial charge in [0.1, 0.15) is 0 Å². The summed E-state index contributed by atoms with van der Waals surface area (Å²) in [4.78, 5) is 0. The lowest BCUT2D eigenvalue weighted by molar-refractivity contribution is 0.415.